The van der Waals surface area contributed by atoms with E-state index < -0.39 is 10.9 Å². The maximum Gasteiger partial charge on any atom is 0.442 e. The Balaban J connectivity index is 1.78. The monoisotopic (exact) mass is 440 g/mol. The van der Waals surface area contributed by atoms with Crippen LogP contribution < -0.4 is 20.4 Å². The molecule has 0 aliphatic rings. The molecule has 10 heteroatoms. The van der Waals surface area contributed by atoms with E-state index in [9.17, 15) is 9.59 Å². The number of hydrogen-bond acceptors (Lipinski definition) is 5. The third-order valence-electron chi connectivity index (χ3n) is 3.78. The van der Waals surface area contributed by atoms with Gasteiger partial charge in [-0.05, 0) is 59.0 Å². The van der Waals surface area contributed by atoms with Crippen molar-refractivity contribution in [1.82, 2.24) is 5.27 Å². The number of carbonyl (C=O) groups is 1. The Morgan fingerprint density at radius 2 is 1.96 bits per heavy atom. The van der Waals surface area contributed by atoms with Gasteiger partial charge in [0.1, 0.15) is 5.75 Å². The van der Waals surface area contributed by atoms with Gasteiger partial charge < -0.3 is 10.1 Å². The molecule has 0 aliphatic heterocycles. The minimum Gasteiger partial charge on any atom is -0.497 e. The van der Waals surface area contributed by atoms with Crippen LogP contribution in [0.1, 0.15) is 6.92 Å². The molecule has 0 spiro atoms. The molecule has 0 saturated heterocycles. The highest BCUT2D eigenvalue weighted by Crippen LogP contribution is 2.27. The smallest absolute Gasteiger partial charge is 0.442 e. The number of amides is 1. The van der Waals surface area contributed by atoms with Gasteiger partial charge in [-0.2, -0.15) is 0 Å². The van der Waals surface area contributed by atoms with Crippen molar-refractivity contribution in [2.45, 2.75) is 17.2 Å². The average Bonchev–Trinajstić information content (AvgIpc) is 3.04. The second-order valence-electron chi connectivity index (χ2n) is 5.69. The summed E-state index contributed by atoms with van der Waals surface area (Å²) in [6.07, 6.45) is 0. The molecule has 146 valence electrons. The van der Waals surface area contributed by atoms with Crippen LogP contribution in [0.25, 0.3) is 5.69 Å². The van der Waals surface area contributed by atoms with Crippen molar-refractivity contribution in [1.29, 1.82) is 0 Å². The summed E-state index contributed by atoms with van der Waals surface area (Å²) in [5.41, 5.74) is 0.514. The fourth-order valence-corrected chi connectivity index (χ4v) is 3.65. The first-order chi connectivity index (χ1) is 13.4. The standard InChI is InChI=1S/C18H15Cl2N3O4S/c1-10(16(24)21-15-8-3-11(19)9-14(15)20)28-17-18(25)27-22-23(17)12-4-6-13(26-2)7-5-12/h3-10H,1-2H3,(H-,21,22,24,25)/p+1. The molecule has 1 amide bonds. The van der Waals surface area contributed by atoms with E-state index >= 15 is 0 Å². The molecule has 7 nitrogen and oxygen atoms in total. The van der Waals surface area contributed by atoms with Gasteiger partial charge in [0.25, 0.3) is 0 Å². The zero-order chi connectivity index (χ0) is 20.3. The Hall–Kier alpha value is -2.42. The second kappa shape index (κ2) is 8.72. The molecule has 0 bridgehead atoms. The van der Waals surface area contributed by atoms with E-state index in [1.807, 2.05) is 0 Å². The van der Waals surface area contributed by atoms with Crippen molar-refractivity contribution in [3.63, 3.8) is 0 Å². The Kier molecular flexibility index (Phi) is 6.33. The molecule has 1 atom stereocenters. The lowest BCUT2D eigenvalue weighted by Gasteiger charge is -2.11. The van der Waals surface area contributed by atoms with Crippen LogP contribution in [-0.4, -0.2) is 23.5 Å². The molecule has 0 radical (unpaired) electrons. The number of H-pyrrole nitrogens is 1. The van der Waals surface area contributed by atoms with Crippen LogP contribution in [0.5, 0.6) is 5.75 Å². The highest BCUT2D eigenvalue weighted by molar-refractivity contribution is 8.00. The first-order valence-corrected chi connectivity index (χ1v) is 9.73. The number of aromatic amines is 1. The van der Waals surface area contributed by atoms with Gasteiger partial charge in [0.05, 0.1) is 23.1 Å². The lowest BCUT2D eigenvalue weighted by atomic mass is 10.3. The van der Waals surface area contributed by atoms with E-state index in [0.717, 1.165) is 11.8 Å². The maximum atomic E-state index is 12.5. The summed E-state index contributed by atoms with van der Waals surface area (Å²) in [5, 5.41) is 5.69. The average molecular weight is 441 g/mol. The predicted octanol–water partition coefficient (Wildman–Crippen LogP) is 3.68. The molecule has 2 N–H and O–H groups in total. The molecule has 3 rings (SSSR count). The van der Waals surface area contributed by atoms with Crippen LogP contribution in [0, 0.1) is 0 Å². The number of halogens is 2. The van der Waals surface area contributed by atoms with Crippen LogP contribution in [0.4, 0.5) is 5.69 Å². The Labute approximate surface area is 174 Å². The highest BCUT2D eigenvalue weighted by Gasteiger charge is 2.29. The number of nitrogens with zero attached hydrogens (tertiary/aromatic N) is 1. The molecule has 28 heavy (non-hydrogen) atoms. The number of thioether (sulfide) groups is 1. The van der Waals surface area contributed by atoms with Gasteiger partial charge in [-0.3, -0.25) is 9.32 Å². The largest absolute Gasteiger partial charge is 0.497 e. The predicted molar refractivity (Wildman–Crippen MR) is 108 cm³/mol. The Morgan fingerprint density at radius 3 is 2.61 bits per heavy atom. The van der Waals surface area contributed by atoms with Crippen LogP contribution in [-0.2, 0) is 4.79 Å². The van der Waals surface area contributed by atoms with Crippen molar-refractivity contribution < 1.29 is 18.7 Å². The quantitative estimate of drug-likeness (QED) is 0.450. The third-order valence-corrected chi connectivity index (χ3v) is 5.47. The Bertz CT molecular complexity index is 1050. The minimum absolute atomic E-state index is 0.231. The number of methoxy groups -OCH3 is 1. The summed E-state index contributed by atoms with van der Waals surface area (Å²) in [6, 6.07) is 11.8. The van der Waals surface area contributed by atoms with Crippen LogP contribution in [0.15, 0.2) is 56.8 Å². The van der Waals surface area contributed by atoms with Gasteiger partial charge in [0.2, 0.25) is 11.6 Å². The number of ether oxygens (including phenoxy) is 1. The summed E-state index contributed by atoms with van der Waals surface area (Å²) in [4.78, 5) is 24.6. The molecule has 1 aromatic heterocycles. The molecule has 0 fully saturated rings. The number of rotatable bonds is 6. The van der Waals surface area contributed by atoms with Crippen molar-refractivity contribution in [3.8, 4) is 11.4 Å². The van der Waals surface area contributed by atoms with Gasteiger partial charge in [0.15, 0.2) is 0 Å². The van der Waals surface area contributed by atoms with Gasteiger partial charge in [-0.1, -0.05) is 23.2 Å². The van der Waals surface area contributed by atoms with Crippen LogP contribution in [0.3, 0.4) is 0 Å². The molecule has 1 unspecified atom stereocenters. The van der Waals surface area contributed by atoms with Crippen molar-refractivity contribution in [2.75, 3.05) is 12.4 Å². The summed E-state index contributed by atoms with van der Waals surface area (Å²) >= 11 is 13.0. The van der Waals surface area contributed by atoms with Gasteiger partial charge >= 0.3 is 10.7 Å². The van der Waals surface area contributed by atoms with Crippen LogP contribution in [0.2, 0.25) is 10.0 Å². The normalized spacial score (nSPS) is 11.9. The molecule has 2 aromatic carbocycles. The van der Waals surface area contributed by atoms with E-state index in [2.05, 4.69) is 10.6 Å². The van der Waals surface area contributed by atoms with Crippen LogP contribution >= 0.6 is 35.0 Å². The first-order valence-electron chi connectivity index (χ1n) is 8.09. The lowest BCUT2D eigenvalue weighted by Crippen LogP contribution is -2.37. The summed E-state index contributed by atoms with van der Waals surface area (Å²) in [7, 11) is 1.57. The molecule has 0 aliphatic carbocycles. The van der Waals surface area contributed by atoms with Gasteiger partial charge in [-0.15, -0.1) is 0 Å². The lowest BCUT2D eigenvalue weighted by molar-refractivity contribution is -0.704. The van der Waals surface area contributed by atoms with E-state index in [-0.39, 0.29) is 10.9 Å². The highest BCUT2D eigenvalue weighted by atomic mass is 35.5. The topological polar surface area (TPSA) is 88.2 Å². The number of aromatic nitrogens is 2. The van der Waals surface area contributed by atoms with E-state index in [4.69, 9.17) is 32.5 Å². The molecule has 0 saturated carbocycles. The number of carbonyl (C=O) groups excluding carboxylic acids is 1. The van der Waals surface area contributed by atoms with E-state index in [0.29, 0.717) is 27.2 Å². The number of anilines is 1. The summed E-state index contributed by atoms with van der Waals surface area (Å²) < 4.78 is 11.5. The number of benzene rings is 2. The SMILES string of the molecule is COc1ccc(-[n+]2[nH]oc(=O)c2SC(C)C(=O)Nc2ccc(Cl)cc2Cl)cc1. The molecular formula is C18H16Cl2N3O4S+. The zero-order valence-electron chi connectivity index (χ0n) is 14.9. The molecule has 1 heterocycles. The minimum atomic E-state index is -0.602. The third kappa shape index (κ3) is 4.52. The summed E-state index contributed by atoms with van der Waals surface area (Å²) in [5.74, 6) is 0.355. The fourth-order valence-electron chi connectivity index (χ4n) is 2.31. The molecular weight excluding hydrogens is 425 g/mol. The summed E-state index contributed by atoms with van der Waals surface area (Å²) in [6.45, 7) is 1.68. The number of nitrogens with one attached hydrogen (secondary N) is 2. The zero-order valence-corrected chi connectivity index (χ0v) is 17.2. The second-order valence-corrected chi connectivity index (χ2v) is 7.87. The van der Waals surface area contributed by atoms with E-state index in [1.54, 1.807) is 50.4 Å². The number of hydrogen-bond donors (Lipinski definition) is 2. The van der Waals surface area contributed by atoms with Gasteiger partial charge in [-0.25, -0.2) is 4.79 Å². The fraction of sp³-hybridized carbons (Fsp3) is 0.167. The maximum absolute atomic E-state index is 12.5. The van der Waals surface area contributed by atoms with E-state index in [1.165, 1.54) is 10.7 Å². The Morgan fingerprint density at radius 1 is 1.25 bits per heavy atom. The molecule has 3 aromatic rings. The first kappa shape index (κ1) is 20.3. The van der Waals surface area contributed by atoms with Crippen molar-refractivity contribution in [2.24, 2.45) is 0 Å². The van der Waals surface area contributed by atoms with Crippen molar-refractivity contribution >= 4 is 46.6 Å². The van der Waals surface area contributed by atoms with Crippen molar-refractivity contribution in [3.05, 3.63) is 62.9 Å². The van der Waals surface area contributed by atoms with Gasteiger partial charge in [0, 0.05) is 17.2 Å².